The zero-order valence-electron chi connectivity index (χ0n) is 18.8. The molecule has 2 unspecified atom stereocenters. The van der Waals surface area contributed by atoms with Gasteiger partial charge in [-0.15, -0.1) is 0 Å². The first kappa shape index (κ1) is 22.5. The van der Waals surface area contributed by atoms with E-state index in [4.69, 9.17) is 4.74 Å². The molecule has 2 aliphatic heterocycles. The minimum Gasteiger partial charge on any atom is -0.372 e. The Bertz CT molecular complexity index is 908. The monoisotopic (exact) mass is 441 g/mol. The number of nitro groups is 1. The zero-order chi connectivity index (χ0) is 22.8. The molecule has 0 N–H and O–H groups in total. The number of carbonyl (C=O) groups is 2. The molecular formula is C24H31N3O5. The van der Waals surface area contributed by atoms with Gasteiger partial charge in [0, 0.05) is 31.3 Å². The molecule has 2 fully saturated rings. The highest BCUT2D eigenvalue weighted by Crippen LogP contribution is 2.37. The van der Waals surface area contributed by atoms with E-state index in [1.165, 1.54) is 23.5 Å². The molecule has 1 saturated heterocycles. The first-order valence-corrected chi connectivity index (χ1v) is 11.6. The van der Waals surface area contributed by atoms with Gasteiger partial charge in [-0.25, -0.2) is 0 Å². The molecule has 1 aromatic carbocycles. The first-order valence-electron chi connectivity index (χ1n) is 11.6. The largest absolute Gasteiger partial charge is 0.372 e. The second-order valence-corrected chi connectivity index (χ2v) is 9.17. The van der Waals surface area contributed by atoms with E-state index in [9.17, 15) is 19.7 Å². The smallest absolute Gasteiger partial charge is 0.278 e. The average molecular weight is 442 g/mol. The summed E-state index contributed by atoms with van der Waals surface area (Å²) in [6, 6.07) is 5.83. The minimum absolute atomic E-state index is 0.0434. The Morgan fingerprint density at radius 3 is 2.03 bits per heavy atom. The number of hydrogen-bond donors (Lipinski definition) is 0. The summed E-state index contributed by atoms with van der Waals surface area (Å²) in [5.74, 6) is -0.522. The molecule has 8 heteroatoms. The van der Waals surface area contributed by atoms with Crippen molar-refractivity contribution in [3.05, 3.63) is 45.6 Å². The standard InChI is InChI=1S/C24H31N3O5/c1-16-14-25(15-17(2)32-16)22-21(18-10-12-20(13-11-18)27(30)31)23(28)26(24(22)29)19-8-6-4-3-5-7-9-19/h10-13,16-17,19H,3-9,14-15H2,1-2H3. The van der Waals surface area contributed by atoms with Crippen LogP contribution in [0.2, 0.25) is 0 Å². The number of imide groups is 1. The molecule has 1 aliphatic carbocycles. The van der Waals surface area contributed by atoms with Crippen LogP contribution in [0.15, 0.2) is 30.0 Å². The number of hydrogen-bond acceptors (Lipinski definition) is 6. The van der Waals surface area contributed by atoms with E-state index < -0.39 is 4.92 Å². The zero-order valence-corrected chi connectivity index (χ0v) is 18.8. The van der Waals surface area contributed by atoms with Crippen LogP contribution < -0.4 is 0 Å². The molecule has 4 rings (SSSR count). The molecule has 172 valence electrons. The molecule has 2 amide bonds. The van der Waals surface area contributed by atoms with Gasteiger partial charge in [0.1, 0.15) is 5.70 Å². The predicted molar refractivity (Wildman–Crippen MR) is 120 cm³/mol. The van der Waals surface area contributed by atoms with Crippen LogP contribution >= 0.6 is 0 Å². The van der Waals surface area contributed by atoms with Crippen LogP contribution in [0.4, 0.5) is 5.69 Å². The quantitative estimate of drug-likeness (QED) is 0.400. The molecule has 32 heavy (non-hydrogen) atoms. The lowest BCUT2D eigenvalue weighted by Gasteiger charge is -2.37. The van der Waals surface area contributed by atoms with E-state index in [2.05, 4.69) is 0 Å². The number of benzene rings is 1. The van der Waals surface area contributed by atoms with E-state index >= 15 is 0 Å². The van der Waals surface area contributed by atoms with Gasteiger partial charge in [-0.1, -0.05) is 32.1 Å². The number of rotatable bonds is 4. The first-order chi connectivity index (χ1) is 15.4. The third kappa shape index (κ3) is 4.41. The van der Waals surface area contributed by atoms with Crippen molar-refractivity contribution in [3.63, 3.8) is 0 Å². The molecule has 8 nitrogen and oxygen atoms in total. The summed E-state index contributed by atoms with van der Waals surface area (Å²) in [7, 11) is 0. The summed E-state index contributed by atoms with van der Waals surface area (Å²) in [5, 5.41) is 11.1. The molecule has 0 aromatic heterocycles. The summed E-state index contributed by atoms with van der Waals surface area (Å²) in [5.41, 5.74) is 1.27. The Kier molecular flexibility index (Phi) is 6.60. The van der Waals surface area contributed by atoms with Crippen molar-refractivity contribution >= 4 is 23.1 Å². The average Bonchev–Trinajstić information content (AvgIpc) is 2.98. The maximum absolute atomic E-state index is 13.7. The van der Waals surface area contributed by atoms with Crippen LogP contribution in [0.5, 0.6) is 0 Å². The number of non-ortho nitro benzene ring substituents is 1. The van der Waals surface area contributed by atoms with Gasteiger partial charge in [0.15, 0.2) is 0 Å². The van der Waals surface area contributed by atoms with Gasteiger partial charge in [-0.3, -0.25) is 24.6 Å². The summed E-state index contributed by atoms with van der Waals surface area (Å²) < 4.78 is 5.85. The lowest BCUT2D eigenvalue weighted by molar-refractivity contribution is -0.384. The SMILES string of the molecule is CC1CN(C2=C(c3ccc([N+](=O)[O-])cc3)C(=O)N(C3CCCCCCC3)C2=O)CC(C)O1. The van der Waals surface area contributed by atoms with Gasteiger partial charge >= 0.3 is 0 Å². The highest BCUT2D eigenvalue weighted by Gasteiger charge is 2.45. The molecule has 0 radical (unpaired) electrons. The van der Waals surface area contributed by atoms with Crippen molar-refractivity contribution < 1.29 is 19.2 Å². The summed E-state index contributed by atoms with van der Waals surface area (Å²) in [6.45, 7) is 4.96. The van der Waals surface area contributed by atoms with Crippen molar-refractivity contribution in [3.8, 4) is 0 Å². The van der Waals surface area contributed by atoms with E-state index in [-0.39, 0.29) is 35.8 Å². The molecular weight excluding hydrogens is 410 g/mol. The predicted octanol–water partition coefficient (Wildman–Crippen LogP) is 3.90. The number of nitrogens with zero attached hydrogens (tertiary/aromatic N) is 3. The molecule has 0 spiro atoms. The highest BCUT2D eigenvalue weighted by molar-refractivity contribution is 6.35. The van der Waals surface area contributed by atoms with Crippen molar-refractivity contribution in [1.82, 2.24) is 9.80 Å². The number of morpholine rings is 1. The normalized spacial score (nSPS) is 25.8. The van der Waals surface area contributed by atoms with E-state index in [1.807, 2.05) is 18.7 Å². The number of amides is 2. The minimum atomic E-state index is -0.465. The number of ether oxygens (including phenoxy) is 1. The van der Waals surface area contributed by atoms with Gasteiger partial charge in [-0.05, 0) is 44.4 Å². The van der Waals surface area contributed by atoms with Crippen LogP contribution in [0.25, 0.3) is 5.57 Å². The Hall–Kier alpha value is -2.74. The summed E-state index contributed by atoms with van der Waals surface area (Å²) in [6.07, 6.45) is 7.00. The molecule has 2 heterocycles. The lowest BCUT2D eigenvalue weighted by atomic mass is 9.95. The number of nitro benzene ring substituents is 1. The van der Waals surface area contributed by atoms with Crippen molar-refractivity contribution in [2.24, 2.45) is 0 Å². The molecule has 0 bridgehead atoms. The fourth-order valence-corrected chi connectivity index (χ4v) is 5.22. The van der Waals surface area contributed by atoms with Crippen LogP contribution in [0, 0.1) is 10.1 Å². The van der Waals surface area contributed by atoms with Crippen LogP contribution in [0.3, 0.4) is 0 Å². The summed E-state index contributed by atoms with van der Waals surface area (Å²) >= 11 is 0. The van der Waals surface area contributed by atoms with E-state index in [1.54, 1.807) is 12.1 Å². The van der Waals surface area contributed by atoms with Crippen molar-refractivity contribution in [2.75, 3.05) is 13.1 Å². The van der Waals surface area contributed by atoms with E-state index in [0.717, 1.165) is 38.5 Å². The highest BCUT2D eigenvalue weighted by atomic mass is 16.6. The third-order valence-electron chi connectivity index (χ3n) is 6.63. The second-order valence-electron chi connectivity index (χ2n) is 9.17. The second kappa shape index (κ2) is 9.40. The van der Waals surface area contributed by atoms with Crippen molar-refractivity contribution in [1.29, 1.82) is 0 Å². The van der Waals surface area contributed by atoms with Gasteiger partial charge in [0.05, 0.1) is 22.7 Å². The number of carbonyl (C=O) groups excluding carboxylic acids is 2. The van der Waals surface area contributed by atoms with Crippen LogP contribution in [-0.4, -0.2) is 57.9 Å². The molecule has 2 atom stereocenters. The Balaban J connectivity index is 1.74. The molecule has 1 aromatic rings. The van der Waals surface area contributed by atoms with Crippen LogP contribution in [-0.2, 0) is 14.3 Å². The molecule has 1 saturated carbocycles. The molecule has 3 aliphatic rings. The van der Waals surface area contributed by atoms with Crippen molar-refractivity contribution in [2.45, 2.75) is 77.0 Å². The Labute approximate surface area is 188 Å². The van der Waals surface area contributed by atoms with E-state index in [0.29, 0.717) is 29.9 Å². The summed E-state index contributed by atoms with van der Waals surface area (Å²) in [4.78, 5) is 41.5. The maximum Gasteiger partial charge on any atom is 0.278 e. The van der Waals surface area contributed by atoms with Gasteiger partial charge < -0.3 is 9.64 Å². The topological polar surface area (TPSA) is 93.0 Å². The van der Waals surface area contributed by atoms with Gasteiger partial charge in [0.25, 0.3) is 17.5 Å². The fourth-order valence-electron chi connectivity index (χ4n) is 5.22. The third-order valence-corrected chi connectivity index (χ3v) is 6.63. The lowest BCUT2D eigenvalue weighted by Crippen LogP contribution is -2.48. The fraction of sp³-hybridized carbons (Fsp3) is 0.583. The Morgan fingerprint density at radius 1 is 0.906 bits per heavy atom. The van der Waals surface area contributed by atoms with Crippen LogP contribution in [0.1, 0.15) is 64.4 Å². The maximum atomic E-state index is 13.7. The van der Waals surface area contributed by atoms with Gasteiger partial charge in [0.2, 0.25) is 0 Å². The van der Waals surface area contributed by atoms with Gasteiger partial charge in [-0.2, -0.15) is 0 Å². The Morgan fingerprint density at radius 2 is 1.47 bits per heavy atom.